The van der Waals surface area contributed by atoms with Gasteiger partial charge in [-0.05, 0) is 31.1 Å². The van der Waals surface area contributed by atoms with Crippen molar-refractivity contribution in [2.75, 3.05) is 0 Å². The van der Waals surface area contributed by atoms with Crippen molar-refractivity contribution in [3.63, 3.8) is 0 Å². The van der Waals surface area contributed by atoms with Crippen molar-refractivity contribution in [3.05, 3.63) is 23.7 Å². The van der Waals surface area contributed by atoms with Gasteiger partial charge in [-0.3, -0.25) is 4.79 Å². The van der Waals surface area contributed by atoms with Gasteiger partial charge >= 0.3 is 0 Å². The number of nitrogens with zero attached hydrogens (tertiary/aromatic N) is 2. The maximum absolute atomic E-state index is 12.8. The third kappa shape index (κ3) is 2.73. The smallest absolute Gasteiger partial charge is 0.255 e. The summed E-state index contributed by atoms with van der Waals surface area (Å²) in [6, 6.07) is 0.230. The number of amides is 1. The molecule has 122 valence electrons. The minimum Gasteiger partial charge on any atom is -0.349 e. The number of aromatic amines is 1. The molecule has 2 fully saturated rings. The number of nitrogens with one attached hydrogen (secondary N) is 2. The Hall–Kier alpha value is -1.91. The lowest BCUT2D eigenvalue weighted by Crippen LogP contribution is -2.46. The van der Waals surface area contributed by atoms with Gasteiger partial charge in [-0.15, -0.1) is 0 Å². The maximum Gasteiger partial charge on any atom is 0.255 e. The minimum atomic E-state index is -0.0292. The van der Waals surface area contributed by atoms with E-state index in [2.05, 4.69) is 29.1 Å². The van der Waals surface area contributed by atoms with Gasteiger partial charge in [0.1, 0.15) is 5.52 Å². The molecule has 2 N–H and O–H groups in total. The van der Waals surface area contributed by atoms with Gasteiger partial charge in [-0.25, -0.2) is 9.97 Å². The maximum atomic E-state index is 12.8. The van der Waals surface area contributed by atoms with Crippen LogP contribution in [-0.4, -0.2) is 26.9 Å². The Bertz CT molecular complexity index is 745. The van der Waals surface area contributed by atoms with Crippen LogP contribution in [0.1, 0.15) is 74.3 Å². The first-order valence-corrected chi connectivity index (χ1v) is 8.69. The summed E-state index contributed by atoms with van der Waals surface area (Å²) in [5.74, 6) is 0.508. The second kappa shape index (κ2) is 5.32. The fourth-order valence-corrected chi connectivity index (χ4v) is 3.65. The van der Waals surface area contributed by atoms with Crippen LogP contribution in [0.5, 0.6) is 0 Å². The van der Waals surface area contributed by atoms with Gasteiger partial charge in [0.15, 0.2) is 5.65 Å². The molecule has 2 aliphatic rings. The van der Waals surface area contributed by atoms with Crippen LogP contribution in [0, 0.1) is 5.41 Å². The number of hydrogen-bond donors (Lipinski definition) is 2. The summed E-state index contributed by atoms with van der Waals surface area (Å²) in [4.78, 5) is 25.0. The summed E-state index contributed by atoms with van der Waals surface area (Å²) < 4.78 is 0. The fraction of sp³-hybridized carbons (Fsp3) is 0.611. The molecule has 5 nitrogen and oxygen atoms in total. The number of H-pyrrole nitrogens is 1. The molecular formula is C18H24N4O. The predicted octanol–water partition coefficient (Wildman–Crippen LogP) is 3.53. The number of carbonyl (C=O) groups is 1. The monoisotopic (exact) mass is 312 g/mol. The zero-order valence-electron chi connectivity index (χ0n) is 13.9. The van der Waals surface area contributed by atoms with Crippen molar-refractivity contribution in [1.29, 1.82) is 0 Å². The van der Waals surface area contributed by atoms with Crippen LogP contribution >= 0.6 is 0 Å². The molecule has 2 heterocycles. The van der Waals surface area contributed by atoms with Crippen LogP contribution in [0.4, 0.5) is 0 Å². The molecule has 1 amide bonds. The van der Waals surface area contributed by atoms with Crippen LogP contribution in [-0.2, 0) is 0 Å². The second-order valence-electron chi connectivity index (χ2n) is 7.73. The summed E-state index contributed by atoms with van der Waals surface area (Å²) in [7, 11) is 0. The van der Waals surface area contributed by atoms with E-state index in [-0.39, 0.29) is 17.4 Å². The van der Waals surface area contributed by atoms with Gasteiger partial charge in [-0.1, -0.05) is 26.7 Å². The van der Waals surface area contributed by atoms with E-state index in [1.54, 1.807) is 6.20 Å². The number of rotatable bonds is 3. The number of aromatic nitrogens is 3. The molecule has 0 radical (unpaired) electrons. The minimum absolute atomic E-state index is 0.0292. The predicted molar refractivity (Wildman–Crippen MR) is 89.4 cm³/mol. The first-order valence-electron chi connectivity index (χ1n) is 8.69. The fourth-order valence-electron chi connectivity index (χ4n) is 3.65. The molecule has 0 aliphatic heterocycles. The Balaban J connectivity index is 1.60. The van der Waals surface area contributed by atoms with Crippen LogP contribution in [0.3, 0.4) is 0 Å². The summed E-state index contributed by atoms with van der Waals surface area (Å²) in [6.45, 7) is 4.49. The SMILES string of the molecule is CC1(C)CCCCC1NC(=O)c1c[nH]c2ncc(C3CC3)nc12. The Morgan fingerprint density at radius 3 is 2.87 bits per heavy atom. The molecule has 2 aromatic heterocycles. The molecule has 4 rings (SSSR count). The molecule has 5 heteroatoms. The quantitative estimate of drug-likeness (QED) is 0.910. The Morgan fingerprint density at radius 2 is 2.13 bits per heavy atom. The van der Waals surface area contributed by atoms with Crippen LogP contribution in [0.2, 0.25) is 0 Å². The van der Waals surface area contributed by atoms with E-state index in [1.807, 2.05) is 6.20 Å². The number of carbonyl (C=O) groups excluding carboxylic acids is 1. The lowest BCUT2D eigenvalue weighted by molar-refractivity contribution is 0.0855. The van der Waals surface area contributed by atoms with Gasteiger partial charge in [0.25, 0.3) is 5.91 Å². The van der Waals surface area contributed by atoms with E-state index in [0.29, 0.717) is 22.6 Å². The first kappa shape index (κ1) is 14.7. The molecule has 0 spiro atoms. The van der Waals surface area contributed by atoms with E-state index in [0.717, 1.165) is 18.5 Å². The normalized spacial score (nSPS) is 23.8. The Labute approximate surface area is 136 Å². The summed E-state index contributed by atoms with van der Waals surface area (Å²) in [5, 5.41) is 3.24. The first-order chi connectivity index (χ1) is 11.0. The highest BCUT2D eigenvalue weighted by atomic mass is 16.1. The molecule has 0 saturated heterocycles. The topological polar surface area (TPSA) is 70.7 Å². The van der Waals surface area contributed by atoms with E-state index >= 15 is 0 Å². The van der Waals surface area contributed by atoms with E-state index < -0.39 is 0 Å². The lowest BCUT2D eigenvalue weighted by atomic mass is 9.73. The van der Waals surface area contributed by atoms with Gasteiger partial charge < -0.3 is 10.3 Å². The van der Waals surface area contributed by atoms with E-state index in [9.17, 15) is 4.79 Å². The largest absolute Gasteiger partial charge is 0.349 e. The molecule has 2 aromatic rings. The number of fused-ring (bicyclic) bond motifs is 1. The summed E-state index contributed by atoms with van der Waals surface area (Å²) >= 11 is 0. The highest BCUT2D eigenvalue weighted by Gasteiger charge is 2.34. The Kier molecular flexibility index (Phi) is 3.39. The Morgan fingerprint density at radius 1 is 1.30 bits per heavy atom. The summed E-state index contributed by atoms with van der Waals surface area (Å²) in [6.07, 6.45) is 10.6. The average Bonchev–Trinajstić information content (AvgIpc) is 3.28. The highest BCUT2D eigenvalue weighted by molar-refractivity contribution is 6.04. The van der Waals surface area contributed by atoms with Crippen molar-refractivity contribution < 1.29 is 4.79 Å². The molecule has 2 saturated carbocycles. The molecule has 2 aliphatic carbocycles. The molecule has 0 bridgehead atoms. The van der Waals surface area contributed by atoms with Crippen molar-refractivity contribution in [3.8, 4) is 0 Å². The van der Waals surface area contributed by atoms with Gasteiger partial charge in [0.2, 0.25) is 0 Å². The zero-order valence-corrected chi connectivity index (χ0v) is 13.9. The molecule has 1 unspecified atom stereocenters. The molecule has 23 heavy (non-hydrogen) atoms. The van der Waals surface area contributed by atoms with Crippen molar-refractivity contribution in [2.24, 2.45) is 5.41 Å². The zero-order chi connectivity index (χ0) is 16.0. The third-order valence-electron chi connectivity index (χ3n) is 5.45. The van der Waals surface area contributed by atoms with Crippen molar-refractivity contribution >= 4 is 17.1 Å². The van der Waals surface area contributed by atoms with Gasteiger partial charge in [0, 0.05) is 18.2 Å². The van der Waals surface area contributed by atoms with Crippen molar-refractivity contribution in [2.45, 2.75) is 64.3 Å². The second-order valence-corrected chi connectivity index (χ2v) is 7.73. The lowest BCUT2D eigenvalue weighted by Gasteiger charge is -2.39. The van der Waals surface area contributed by atoms with E-state index in [1.165, 1.54) is 25.7 Å². The number of hydrogen-bond acceptors (Lipinski definition) is 3. The standard InChI is InChI=1S/C18H24N4O/c1-18(2)8-4-3-5-14(18)22-17(23)12-9-19-16-15(12)21-13(10-20-16)11-6-7-11/h9-11,14H,3-8H2,1-2H3,(H,19,20)(H,22,23). The highest BCUT2D eigenvalue weighted by Crippen LogP contribution is 2.39. The van der Waals surface area contributed by atoms with E-state index in [4.69, 9.17) is 4.98 Å². The van der Waals surface area contributed by atoms with Gasteiger partial charge in [0.05, 0.1) is 17.5 Å². The third-order valence-corrected chi connectivity index (χ3v) is 5.45. The molecule has 1 atom stereocenters. The molecule has 0 aromatic carbocycles. The van der Waals surface area contributed by atoms with Crippen LogP contribution < -0.4 is 5.32 Å². The summed E-state index contributed by atoms with van der Waals surface area (Å²) in [5.41, 5.74) is 3.20. The molecular weight excluding hydrogens is 288 g/mol. The van der Waals surface area contributed by atoms with Crippen molar-refractivity contribution in [1.82, 2.24) is 20.3 Å². The van der Waals surface area contributed by atoms with Gasteiger partial charge in [-0.2, -0.15) is 0 Å². The van der Waals surface area contributed by atoms with Crippen LogP contribution in [0.25, 0.3) is 11.2 Å². The van der Waals surface area contributed by atoms with Crippen LogP contribution in [0.15, 0.2) is 12.4 Å². The average molecular weight is 312 g/mol.